The molecule has 0 aliphatic carbocycles. The van der Waals surface area contributed by atoms with E-state index in [9.17, 15) is 13.0 Å². The Morgan fingerprint density at radius 2 is 1.58 bits per heavy atom. The van der Waals surface area contributed by atoms with Crippen molar-refractivity contribution in [3.05, 3.63) is 88.9 Å². The van der Waals surface area contributed by atoms with Crippen LogP contribution in [0.5, 0.6) is 0 Å². The number of nitrogens with zero attached hydrogens (tertiary/aromatic N) is 2. The number of unbranched alkanes of at least 4 members (excludes halogenated alkanes) is 1. The molecule has 0 amide bonds. The van der Waals surface area contributed by atoms with E-state index >= 15 is 0 Å². The van der Waals surface area contributed by atoms with Crippen molar-refractivity contribution >= 4 is 49.5 Å². The van der Waals surface area contributed by atoms with Gasteiger partial charge >= 0.3 is 0 Å². The zero-order valence-electron chi connectivity index (χ0n) is 21.1. The van der Waals surface area contributed by atoms with Crippen LogP contribution in [0.1, 0.15) is 35.9 Å². The summed E-state index contributed by atoms with van der Waals surface area (Å²) in [6.45, 7) is 5.15. The van der Waals surface area contributed by atoms with Crippen LogP contribution in [0.3, 0.4) is 0 Å². The van der Waals surface area contributed by atoms with Crippen molar-refractivity contribution in [1.82, 2.24) is 0 Å². The van der Waals surface area contributed by atoms with Gasteiger partial charge in [-0.05, 0) is 48.9 Å². The van der Waals surface area contributed by atoms with E-state index in [0.717, 1.165) is 12.1 Å². The van der Waals surface area contributed by atoms with Gasteiger partial charge < -0.3 is 9.45 Å². The van der Waals surface area contributed by atoms with Gasteiger partial charge in [0.2, 0.25) is 5.52 Å². The number of para-hydroxylation sites is 1. The zero-order chi connectivity index (χ0) is 25.4. The van der Waals surface area contributed by atoms with Crippen LogP contribution in [-0.4, -0.2) is 27.1 Å². The van der Waals surface area contributed by atoms with Crippen LogP contribution in [0.2, 0.25) is 0 Å². The monoisotopic (exact) mass is 559 g/mol. The first-order chi connectivity index (χ1) is 16.7. The molecule has 4 aromatic rings. The second kappa shape index (κ2) is 13.8. The summed E-state index contributed by atoms with van der Waals surface area (Å²) in [6.07, 6.45) is 6.90. The van der Waals surface area contributed by atoms with E-state index in [-0.39, 0.29) is 23.5 Å². The molecule has 0 bridgehead atoms. The summed E-state index contributed by atoms with van der Waals surface area (Å²) in [7, 11) is -0.133. The Bertz CT molecular complexity index is 1380. The quantitative estimate of drug-likeness (QED) is 0.202. The molecule has 4 rings (SSSR count). The van der Waals surface area contributed by atoms with E-state index in [2.05, 4.69) is 91.2 Å². The number of benzene rings is 3. The van der Waals surface area contributed by atoms with Gasteiger partial charge in [0, 0.05) is 56.9 Å². The molecule has 0 spiro atoms. The average Bonchev–Trinajstić information content (AvgIpc) is 3.19. The minimum absolute atomic E-state index is 0. The second-order valence-corrected chi connectivity index (χ2v) is 10.9. The molecule has 1 aromatic heterocycles. The maximum atomic E-state index is 10.4. The smallest absolute Gasteiger partial charge is 0.262 e. The van der Waals surface area contributed by atoms with E-state index in [0.29, 0.717) is 0 Å². The van der Waals surface area contributed by atoms with Gasteiger partial charge in [-0.3, -0.25) is 0 Å². The Hall–Kier alpha value is -2.42. The molecule has 36 heavy (non-hydrogen) atoms. The van der Waals surface area contributed by atoms with Crippen LogP contribution in [0.15, 0.2) is 77.7 Å². The van der Waals surface area contributed by atoms with Crippen LogP contribution in [0, 0.1) is 6.92 Å². The summed E-state index contributed by atoms with van der Waals surface area (Å²) >= 11 is 1.87. The van der Waals surface area contributed by atoms with Gasteiger partial charge in [0.25, 0.3) is 5.01 Å². The SMILES string of the molecule is CCCC[n+]1c(C=Cc2ccc(N(C)C)cc2)sc2ccccc21.Cc1ccc(S(=O)(=O)[O-])cc1.[V]. The topological polar surface area (TPSA) is 64.3 Å². The Balaban J connectivity index is 0.000000321. The first-order valence-electron chi connectivity index (χ1n) is 11.6. The van der Waals surface area contributed by atoms with Gasteiger partial charge in [-0.1, -0.05) is 66.6 Å². The fourth-order valence-electron chi connectivity index (χ4n) is 3.48. The third-order valence-electron chi connectivity index (χ3n) is 5.51. The fourth-order valence-corrected chi connectivity index (χ4v) is 5.04. The second-order valence-electron chi connectivity index (χ2n) is 8.50. The molecule has 0 saturated carbocycles. The van der Waals surface area contributed by atoms with Crippen molar-refractivity contribution in [2.24, 2.45) is 0 Å². The van der Waals surface area contributed by atoms with Crippen molar-refractivity contribution in [2.75, 3.05) is 19.0 Å². The zero-order valence-corrected chi connectivity index (χ0v) is 24.1. The van der Waals surface area contributed by atoms with Gasteiger partial charge in [0.15, 0.2) is 6.54 Å². The molecular formula is C28H32N2O3S2V. The third kappa shape index (κ3) is 8.32. The molecule has 0 aliphatic heterocycles. The van der Waals surface area contributed by atoms with Gasteiger partial charge in [-0.2, -0.15) is 4.57 Å². The number of rotatable bonds is 7. The van der Waals surface area contributed by atoms with Crippen LogP contribution in [-0.2, 0) is 35.2 Å². The molecule has 0 N–H and O–H groups in total. The van der Waals surface area contributed by atoms with Crippen molar-refractivity contribution in [2.45, 2.75) is 38.1 Å². The Morgan fingerprint density at radius 3 is 2.17 bits per heavy atom. The first-order valence-corrected chi connectivity index (χ1v) is 13.8. The predicted molar refractivity (Wildman–Crippen MR) is 146 cm³/mol. The molecule has 3 aromatic carbocycles. The van der Waals surface area contributed by atoms with Crippen molar-refractivity contribution in [1.29, 1.82) is 0 Å². The number of aromatic nitrogens is 1. The molecule has 1 heterocycles. The Morgan fingerprint density at radius 1 is 0.944 bits per heavy atom. The van der Waals surface area contributed by atoms with Crippen molar-refractivity contribution in [3.8, 4) is 0 Å². The van der Waals surface area contributed by atoms with E-state index in [1.807, 2.05) is 18.3 Å². The molecule has 0 saturated heterocycles. The Labute approximate surface area is 230 Å². The minimum Gasteiger partial charge on any atom is -0.744 e. The summed E-state index contributed by atoms with van der Waals surface area (Å²) in [5, 5.41) is 1.32. The first kappa shape index (κ1) is 29.8. The molecule has 5 nitrogen and oxygen atoms in total. The summed E-state index contributed by atoms with van der Waals surface area (Å²) in [4.78, 5) is 1.95. The van der Waals surface area contributed by atoms with E-state index < -0.39 is 10.1 Å². The minimum atomic E-state index is -4.27. The predicted octanol–water partition coefficient (Wildman–Crippen LogP) is 6.12. The van der Waals surface area contributed by atoms with Crippen LogP contribution in [0.4, 0.5) is 5.69 Å². The summed E-state index contributed by atoms with van der Waals surface area (Å²) in [5.74, 6) is 0. The maximum absolute atomic E-state index is 10.4. The number of fused-ring (bicyclic) bond motifs is 1. The Kier molecular flexibility index (Phi) is 11.4. The van der Waals surface area contributed by atoms with Gasteiger partial charge in [-0.25, -0.2) is 8.42 Å². The molecule has 1 radical (unpaired) electrons. The standard InChI is InChI=1S/C21H25N2S.C7H8O3S.V/c1-4-5-16-23-19-8-6-7-9-20(19)24-21(23)15-12-17-10-13-18(14-11-17)22(2)3;1-6-2-4-7(5-3-6)11(8,9)10;/h6-15H,4-5,16H2,1-3H3;2-5H,1H3,(H,8,9,10);/q+1;;/p-1. The van der Waals surface area contributed by atoms with E-state index in [4.69, 9.17) is 0 Å². The van der Waals surface area contributed by atoms with Crippen LogP contribution >= 0.6 is 11.3 Å². The molecule has 0 atom stereocenters. The van der Waals surface area contributed by atoms with E-state index in [1.165, 1.54) is 51.4 Å². The van der Waals surface area contributed by atoms with Crippen LogP contribution < -0.4 is 9.47 Å². The number of aryl methyl sites for hydroxylation is 2. The largest absolute Gasteiger partial charge is 0.744 e. The molecule has 8 heteroatoms. The molecular weight excluding hydrogens is 527 g/mol. The van der Waals surface area contributed by atoms with E-state index in [1.54, 1.807) is 12.1 Å². The number of hydrogen-bond donors (Lipinski definition) is 0. The summed E-state index contributed by atoms with van der Waals surface area (Å²) in [5.41, 5.74) is 4.74. The van der Waals surface area contributed by atoms with Crippen molar-refractivity contribution in [3.63, 3.8) is 0 Å². The number of hydrogen-bond acceptors (Lipinski definition) is 5. The van der Waals surface area contributed by atoms with Crippen LogP contribution in [0.25, 0.3) is 22.4 Å². The summed E-state index contributed by atoms with van der Waals surface area (Å²) < 4.78 is 35.0. The van der Waals surface area contributed by atoms with Gasteiger partial charge in [-0.15, -0.1) is 0 Å². The third-order valence-corrected chi connectivity index (χ3v) is 7.49. The molecule has 0 unspecified atom stereocenters. The maximum Gasteiger partial charge on any atom is 0.262 e. The van der Waals surface area contributed by atoms with Crippen molar-refractivity contribution < 1.29 is 36.1 Å². The average molecular weight is 560 g/mol. The number of anilines is 1. The van der Waals surface area contributed by atoms with Gasteiger partial charge in [0.1, 0.15) is 14.8 Å². The molecule has 189 valence electrons. The molecule has 0 aliphatic rings. The summed E-state index contributed by atoms with van der Waals surface area (Å²) in [6, 6.07) is 23.2. The molecule has 0 fully saturated rings. The van der Waals surface area contributed by atoms with Gasteiger partial charge in [0.05, 0.1) is 4.90 Å². The number of thiazole rings is 1. The fraction of sp³-hybridized carbons (Fsp3) is 0.250. The normalized spacial score (nSPS) is 11.1.